The number of nitrogens with zero attached hydrogens (tertiary/aromatic N) is 1. The van der Waals surface area contributed by atoms with Gasteiger partial charge in [-0.25, -0.2) is 0 Å². The predicted octanol–water partition coefficient (Wildman–Crippen LogP) is 1.79. The van der Waals surface area contributed by atoms with Crippen LogP contribution in [0.4, 0.5) is 5.69 Å². The largest absolute Gasteiger partial charge is 0.480 e. The maximum Gasteiger partial charge on any atom is 0.323 e. The molecule has 1 aliphatic heterocycles. The third-order valence-electron chi connectivity index (χ3n) is 4.33. The normalized spacial score (nSPS) is 22.7. The molecule has 2 rings (SSSR count). The van der Waals surface area contributed by atoms with Crippen LogP contribution in [0, 0.1) is 5.41 Å². The van der Waals surface area contributed by atoms with E-state index in [1.165, 1.54) is 4.90 Å². The number of hydrogen-bond donors (Lipinski definition) is 2. The molecule has 0 spiro atoms. The first-order valence-electron chi connectivity index (χ1n) is 7.07. The molecule has 1 atom stereocenters. The van der Waals surface area contributed by atoms with Crippen LogP contribution in [0.15, 0.2) is 24.3 Å². The van der Waals surface area contributed by atoms with Crippen LogP contribution in [0.2, 0.25) is 0 Å². The lowest BCUT2D eigenvalue weighted by atomic mass is 9.71. The van der Waals surface area contributed by atoms with E-state index in [1.807, 2.05) is 39.0 Å². The zero-order valence-corrected chi connectivity index (χ0v) is 12.7. The van der Waals surface area contributed by atoms with Crippen LogP contribution in [0.3, 0.4) is 0 Å². The standard InChI is InChI=1S/C16H22N2O3/c1-15(2,3)16(17)9-8-11-6-4-5-7-12(11)18(14(16)21)10-13(19)20/h4-7H,8-10,17H2,1-3H3,(H,19,20). The van der Waals surface area contributed by atoms with Gasteiger partial charge < -0.3 is 10.8 Å². The van der Waals surface area contributed by atoms with Crippen molar-refractivity contribution in [3.8, 4) is 0 Å². The van der Waals surface area contributed by atoms with Gasteiger partial charge in [-0.15, -0.1) is 0 Å². The Bertz CT molecular complexity index is 577. The van der Waals surface area contributed by atoms with Crippen LogP contribution in [0.1, 0.15) is 32.8 Å². The van der Waals surface area contributed by atoms with Gasteiger partial charge >= 0.3 is 5.97 Å². The molecule has 0 radical (unpaired) electrons. The highest BCUT2D eigenvalue weighted by Crippen LogP contribution is 2.39. The van der Waals surface area contributed by atoms with Gasteiger partial charge in [0.05, 0.1) is 0 Å². The molecule has 114 valence electrons. The maximum atomic E-state index is 12.9. The number of hydrogen-bond acceptors (Lipinski definition) is 3. The smallest absolute Gasteiger partial charge is 0.323 e. The topological polar surface area (TPSA) is 83.6 Å². The Morgan fingerprint density at radius 2 is 2.00 bits per heavy atom. The highest BCUT2D eigenvalue weighted by atomic mass is 16.4. The number of para-hydroxylation sites is 1. The van der Waals surface area contributed by atoms with Crippen molar-refractivity contribution in [3.63, 3.8) is 0 Å². The summed E-state index contributed by atoms with van der Waals surface area (Å²) < 4.78 is 0. The molecule has 1 amide bonds. The average molecular weight is 290 g/mol. The number of nitrogens with two attached hydrogens (primary N) is 1. The molecule has 1 unspecified atom stereocenters. The highest BCUT2D eigenvalue weighted by Gasteiger charge is 2.49. The molecule has 1 heterocycles. The Morgan fingerprint density at radius 1 is 1.38 bits per heavy atom. The van der Waals surface area contributed by atoms with Crippen LogP contribution in [0.25, 0.3) is 0 Å². The van der Waals surface area contributed by atoms with Crippen molar-refractivity contribution in [2.45, 2.75) is 39.2 Å². The van der Waals surface area contributed by atoms with Crippen molar-refractivity contribution < 1.29 is 14.7 Å². The second-order valence-corrected chi connectivity index (χ2v) is 6.64. The number of rotatable bonds is 2. The van der Waals surface area contributed by atoms with E-state index < -0.39 is 16.9 Å². The summed E-state index contributed by atoms with van der Waals surface area (Å²) >= 11 is 0. The van der Waals surface area contributed by atoms with Gasteiger partial charge in [-0.05, 0) is 29.9 Å². The van der Waals surface area contributed by atoms with E-state index in [0.29, 0.717) is 18.5 Å². The molecule has 0 aliphatic carbocycles. The van der Waals surface area contributed by atoms with Crippen molar-refractivity contribution in [1.82, 2.24) is 0 Å². The number of carbonyl (C=O) groups is 2. The Labute approximate surface area is 124 Å². The molecule has 3 N–H and O–H groups in total. The Kier molecular flexibility index (Phi) is 3.80. The van der Waals surface area contributed by atoms with Crippen LogP contribution in [0.5, 0.6) is 0 Å². The highest BCUT2D eigenvalue weighted by molar-refractivity contribution is 6.04. The van der Waals surface area contributed by atoms with E-state index in [1.54, 1.807) is 6.07 Å². The molecule has 0 fully saturated rings. The summed E-state index contributed by atoms with van der Waals surface area (Å²) in [6.07, 6.45) is 1.16. The Morgan fingerprint density at radius 3 is 2.57 bits per heavy atom. The second kappa shape index (κ2) is 5.15. The fourth-order valence-electron chi connectivity index (χ4n) is 2.76. The molecule has 0 saturated carbocycles. The number of carbonyl (C=O) groups excluding carboxylic acids is 1. The van der Waals surface area contributed by atoms with Crippen molar-refractivity contribution >= 4 is 17.6 Å². The minimum atomic E-state index is -1.08. The summed E-state index contributed by atoms with van der Waals surface area (Å²) in [5.74, 6) is -1.36. The number of carboxylic acids is 1. The summed E-state index contributed by atoms with van der Waals surface area (Å²) in [5.41, 5.74) is 6.52. The molecule has 5 heteroatoms. The van der Waals surface area contributed by atoms with Crippen molar-refractivity contribution in [2.24, 2.45) is 11.1 Å². The molecule has 0 bridgehead atoms. The summed E-state index contributed by atoms with van der Waals surface area (Å²) in [7, 11) is 0. The fraction of sp³-hybridized carbons (Fsp3) is 0.500. The third-order valence-corrected chi connectivity index (χ3v) is 4.33. The first-order valence-corrected chi connectivity index (χ1v) is 7.07. The quantitative estimate of drug-likeness (QED) is 0.870. The number of amides is 1. The van der Waals surface area contributed by atoms with E-state index in [4.69, 9.17) is 10.8 Å². The third kappa shape index (κ3) is 2.65. The summed E-state index contributed by atoms with van der Waals surface area (Å²) in [4.78, 5) is 25.4. The van der Waals surface area contributed by atoms with Crippen molar-refractivity contribution in [2.75, 3.05) is 11.4 Å². The number of aliphatic carboxylic acids is 1. The number of fused-ring (bicyclic) bond motifs is 1. The van der Waals surface area contributed by atoms with Crippen LogP contribution in [-0.2, 0) is 16.0 Å². The molecule has 0 saturated heterocycles. The summed E-state index contributed by atoms with van der Waals surface area (Å²) in [5, 5.41) is 9.14. The molecule has 21 heavy (non-hydrogen) atoms. The first kappa shape index (κ1) is 15.5. The molecular formula is C16H22N2O3. The predicted molar refractivity (Wildman–Crippen MR) is 81.1 cm³/mol. The van der Waals surface area contributed by atoms with Crippen LogP contribution in [-0.4, -0.2) is 29.1 Å². The zero-order valence-electron chi connectivity index (χ0n) is 12.7. The SMILES string of the molecule is CC(C)(C)C1(N)CCc2ccccc2N(CC(=O)O)C1=O. The molecule has 1 aromatic carbocycles. The monoisotopic (exact) mass is 290 g/mol. The minimum absolute atomic E-state index is 0.317. The van der Waals surface area contributed by atoms with Gasteiger partial charge in [0.2, 0.25) is 5.91 Å². The van der Waals surface area contributed by atoms with E-state index in [-0.39, 0.29) is 12.5 Å². The number of anilines is 1. The van der Waals surface area contributed by atoms with E-state index in [0.717, 1.165) is 5.56 Å². The molecular weight excluding hydrogens is 268 g/mol. The van der Waals surface area contributed by atoms with Gasteiger partial charge in [-0.3, -0.25) is 14.5 Å². The molecule has 5 nitrogen and oxygen atoms in total. The number of aryl methyl sites for hydroxylation is 1. The lowest BCUT2D eigenvalue weighted by molar-refractivity contribution is -0.138. The Hall–Kier alpha value is -1.88. The van der Waals surface area contributed by atoms with Crippen molar-refractivity contribution in [1.29, 1.82) is 0 Å². The first-order chi connectivity index (χ1) is 9.67. The number of benzene rings is 1. The van der Waals surface area contributed by atoms with E-state index in [9.17, 15) is 9.59 Å². The van der Waals surface area contributed by atoms with Gasteiger partial charge in [0.15, 0.2) is 0 Å². The maximum absolute atomic E-state index is 12.9. The van der Waals surface area contributed by atoms with Gasteiger partial charge in [0.25, 0.3) is 0 Å². The average Bonchev–Trinajstić information content (AvgIpc) is 2.49. The number of carboxylic acid groups (broad SMARTS) is 1. The summed E-state index contributed by atoms with van der Waals surface area (Å²) in [6, 6.07) is 7.40. The lowest BCUT2D eigenvalue weighted by Gasteiger charge is -2.41. The molecule has 0 aromatic heterocycles. The van der Waals surface area contributed by atoms with Gasteiger partial charge in [0, 0.05) is 5.69 Å². The second-order valence-electron chi connectivity index (χ2n) is 6.64. The fourth-order valence-corrected chi connectivity index (χ4v) is 2.76. The van der Waals surface area contributed by atoms with Gasteiger partial charge in [-0.2, -0.15) is 0 Å². The van der Waals surface area contributed by atoms with Gasteiger partial charge in [0.1, 0.15) is 12.1 Å². The Balaban J connectivity index is 2.55. The zero-order chi connectivity index (χ0) is 15.8. The van der Waals surface area contributed by atoms with E-state index >= 15 is 0 Å². The minimum Gasteiger partial charge on any atom is -0.480 e. The van der Waals surface area contributed by atoms with Gasteiger partial charge in [-0.1, -0.05) is 39.0 Å². The molecule has 1 aliphatic rings. The van der Waals surface area contributed by atoms with E-state index in [2.05, 4.69) is 0 Å². The summed E-state index contributed by atoms with van der Waals surface area (Å²) in [6.45, 7) is 5.38. The lowest BCUT2D eigenvalue weighted by Crippen LogP contribution is -2.63. The van der Waals surface area contributed by atoms with Crippen LogP contribution < -0.4 is 10.6 Å². The molecule has 1 aromatic rings. The van der Waals surface area contributed by atoms with Crippen LogP contribution >= 0.6 is 0 Å². The van der Waals surface area contributed by atoms with Crippen molar-refractivity contribution in [3.05, 3.63) is 29.8 Å².